The number of carbonyl (C=O) groups excluding carboxylic acids is 1. The van der Waals surface area contributed by atoms with E-state index in [1.54, 1.807) is 4.90 Å². The molecule has 1 aromatic carbocycles. The Bertz CT molecular complexity index is 1380. The van der Waals surface area contributed by atoms with Gasteiger partial charge in [-0.1, -0.05) is 12.8 Å². The molecule has 1 N–H and O–H groups in total. The normalized spacial score (nSPS) is 16.8. The van der Waals surface area contributed by atoms with Crippen LogP contribution in [0.4, 0.5) is 22.1 Å². The molecule has 2 aromatic heterocycles. The highest BCUT2D eigenvalue weighted by molar-refractivity contribution is 9.10. The van der Waals surface area contributed by atoms with Crippen LogP contribution in [0.2, 0.25) is 0 Å². The number of aromatic nitrogens is 3. The molecular weight excluding hydrogens is 548 g/mol. The van der Waals surface area contributed by atoms with Gasteiger partial charge in [-0.3, -0.25) is 9.36 Å². The first-order valence-corrected chi connectivity index (χ1v) is 14.1. The number of halogens is 1. The molecule has 202 valence electrons. The third-order valence-electron chi connectivity index (χ3n) is 7.15. The summed E-state index contributed by atoms with van der Waals surface area (Å²) in [6.07, 6.45) is 3.98. The number of amides is 1. The van der Waals surface area contributed by atoms with Gasteiger partial charge >= 0.3 is 6.09 Å². The van der Waals surface area contributed by atoms with Gasteiger partial charge < -0.3 is 19.9 Å². The highest BCUT2D eigenvalue weighted by atomic mass is 79.9. The lowest BCUT2D eigenvalue weighted by molar-refractivity contribution is 0.0240. The summed E-state index contributed by atoms with van der Waals surface area (Å²) in [5.74, 6) is 0.474. The van der Waals surface area contributed by atoms with Crippen LogP contribution in [-0.2, 0) is 4.74 Å². The second-order valence-corrected chi connectivity index (χ2v) is 12.0. The maximum atomic E-state index is 13.1. The van der Waals surface area contributed by atoms with Crippen molar-refractivity contribution in [2.45, 2.75) is 65.0 Å². The Balaban J connectivity index is 1.31. The lowest BCUT2D eigenvalue weighted by atomic mass is 10.2. The van der Waals surface area contributed by atoms with E-state index in [2.05, 4.69) is 43.3 Å². The number of nitrogens with zero attached hydrogens (tertiary/aromatic N) is 5. The van der Waals surface area contributed by atoms with Crippen molar-refractivity contribution in [2.24, 2.45) is 0 Å². The van der Waals surface area contributed by atoms with Crippen LogP contribution in [0.25, 0.3) is 11.0 Å². The molecule has 1 saturated carbocycles. The Hall–Kier alpha value is -3.14. The summed E-state index contributed by atoms with van der Waals surface area (Å²) < 4.78 is 7.90. The molecule has 0 unspecified atom stereocenters. The number of pyridine rings is 1. The number of anilines is 3. The molecule has 9 nitrogen and oxygen atoms in total. The van der Waals surface area contributed by atoms with Gasteiger partial charge in [0.2, 0.25) is 5.95 Å². The first-order valence-electron chi connectivity index (χ1n) is 13.3. The van der Waals surface area contributed by atoms with Crippen LogP contribution in [0.15, 0.2) is 39.6 Å². The van der Waals surface area contributed by atoms with Crippen LogP contribution in [-0.4, -0.2) is 57.3 Å². The number of aryl methyl sites for hydroxylation is 1. The fraction of sp³-hybridized carbons (Fsp3) is 0.500. The zero-order valence-electron chi connectivity index (χ0n) is 22.5. The Morgan fingerprint density at radius 2 is 1.71 bits per heavy atom. The van der Waals surface area contributed by atoms with Gasteiger partial charge in [0.25, 0.3) is 5.56 Å². The lowest BCUT2D eigenvalue weighted by Crippen LogP contribution is -2.50. The molecule has 1 aliphatic carbocycles. The molecule has 1 aliphatic heterocycles. The molecule has 10 heteroatoms. The van der Waals surface area contributed by atoms with Gasteiger partial charge in [-0.15, -0.1) is 0 Å². The third-order valence-corrected chi connectivity index (χ3v) is 7.72. The van der Waals surface area contributed by atoms with E-state index in [-0.39, 0.29) is 17.7 Å². The summed E-state index contributed by atoms with van der Waals surface area (Å²) in [5, 5.41) is 4.21. The van der Waals surface area contributed by atoms with Crippen molar-refractivity contribution in [3.63, 3.8) is 0 Å². The molecule has 1 amide bonds. The number of piperazine rings is 1. The highest BCUT2D eigenvalue weighted by Crippen LogP contribution is 2.32. The van der Waals surface area contributed by atoms with Crippen LogP contribution in [0.5, 0.6) is 0 Å². The summed E-state index contributed by atoms with van der Waals surface area (Å²) in [6.45, 7) is 10.3. The zero-order chi connectivity index (χ0) is 27.0. The van der Waals surface area contributed by atoms with Crippen molar-refractivity contribution in [1.82, 2.24) is 19.4 Å². The second kappa shape index (κ2) is 10.6. The van der Waals surface area contributed by atoms with Gasteiger partial charge in [0, 0.05) is 49.0 Å². The number of nitrogens with one attached hydrogen (secondary N) is 1. The van der Waals surface area contributed by atoms with E-state index in [1.807, 2.05) is 50.5 Å². The van der Waals surface area contributed by atoms with E-state index in [9.17, 15) is 9.59 Å². The Kier molecular flexibility index (Phi) is 7.35. The van der Waals surface area contributed by atoms with Crippen molar-refractivity contribution in [3.8, 4) is 0 Å². The molecule has 3 heterocycles. The van der Waals surface area contributed by atoms with E-state index < -0.39 is 5.60 Å². The number of hydrogen-bond donors (Lipinski definition) is 1. The van der Waals surface area contributed by atoms with E-state index in [0.29, 0.717) is 29.2 Å². The number of ether oxygens (including phenoxy) is 1. The molecule has 0 bridgehead atoms. The maximum absolute atomic E-state index is 13.1. The third kappa shape index (κ3) is 5.65. The molecule has 1 saturated heterocycles. The number of benzene rings is 1. The minimum absolute atomic E-state index is 0.0374. The van der Waals surface area contributed by atoms with Crippen molar-refractivity contribution in [2.75, 3.05) is 36.4 Å². The molecule has 3 aromatic rings. The van der Waals surface area contributed by atoms with Crippen molar-refractivity contribution in [3.05, 3.63) is 50.9 Å². The van der Waals surface area contributed by atoms with Gasteiger partial charge in [-0.2, -0.15) is 4.98 Å². The number of carbonyl (C=O) groups is 1. The molecule has 2 fully saturated rings. The van der Waals surface area contributed by atoms with Crippen LogP contribution >= 0.6 is 15.9 Å². The summed E-state index contributed by atoms with van der Waals surface area (Å²) in [6, 6.07) is 10.1. The van der Waals surface area contributed by atoms with Gasteiger partial charge in [-0.05, 0) is 86.8 Å². The predicted molar refractivity (Wildman–Crippen MR) is 153 cm³/mol. The van der Waals surface area contributed by atoms with Crippen LogP contribution in [0, 0.1) is 6.92 Å². The van der Waals surface area contributed by atoms with Gasteiger partial charge in [0.15, 0.2) is 0 Å². The monoisotopic (exact) mass is 582 g/mol. The maximum Gasteiger partial charge on any atom is 0.410 e. The van der Waals surface area contributed by atoms with Crippen LogP contribution in [0.3, 0.4) is 0 Å². The molecular formula is C28H35BrN6O3. The first kappa shape index (κ1) is 26.5. The second-order valence-electron chi connectivity index (χ2n) is 11.1. The Morgan fingerprint density at radius 1 is 1.05 bits per heavy atom. The zero-order valence-corrected chi connectivity index (χ0v) is 24.0. The van der Waals surface area contributed by atoms with E-state index in [0.717, 1.165) is 61.2 Å². The quantitative estimate of drug-likeness (QED) is 0.417. The van der Waals surface area contributed by atoms with E-state index >= 15 is 0 Å². The SMILES string of the molecule is Cc1nc(Nc2ccc(N3CCN(C(=O)OC(C)(C)C)CC3)cc2)nc2c1cc(Br)c(=O)n2C1CCCC1. The number of fused-ring (bicyclic) bond motifs is 1. The van der Waals surface area contributed by atoms with Crippen molar-refractivity contribution < 1.29 is 9.53 Å². The minimum Gasteiger partial charge on any atom is -0.444 e. The molecule has 0 spiro atoms. The van der Waals surface area contributed by atoms with E-state index in [1.165, 1.54) is 0 Å². The minimum atomic E-state index is -0.491. The molecule has 0 radical (unpaired) electrons. The Labute approximate surface area is 231 Å². The Morgan fingerprint density at radius 3 is 2.34 bits per heavy atom. The summed E-state index contributed by atoms with van der Waals surface area (Å²) >= 11 is 3.45. The smallest absolute Gasteiger partial charge is 0.410 e. The summed E-state index contributed by atoms with van der Waals surface area (Å²) in [5.41, 5.74) is 2.94. The van der Waals surface area contributed by atoms with Gasteiger partial charge in [-0.25, -0.2) is 9.78 Å². The highest BCUT2D eigenvalue weighted by Gasteiger charge is 2.26. The van der Waals surface area contributed by atoms with Crippen LogP contribution in [0.1, 0.15) is 58.2 Å². The standard InChI is InChI=1S/C28H35BrN6O3/c1-18-22-17-23(29)25(36)35(21-7-5-6-8-21)24(22)32-26(30-18)31-19-9-11-20(12-10-19)33-13-15-34(16-14-33)27(37)38-28(2,3)4/h9-12,17,21H,5-8,13-16H2,1-4H3,(H,30,31,32). The number of hydrogen-bond acceptors (Lipinski definition) is 7. The van der Waals surface area contributed by atoms with Gasteiger partial charge in [0.05, 0.1) is 10.2 Å². The fourth-order valence-electron chi connectivity index (χ4n) is 5.23. The number of rotatable bonds is 4. The first-order chi connectivity index (χ1) is 18.1. The molecule has 5 rings (SSSR count). The lowest BCUT2D eigenvalue weighted by Gasteiger charge is -2.36. The summed E-state index contributed by atoms with van der Waals surface area (Å²) in [7, 11) is 0. The fourth-order valence-corrected chi connectivity index (χ4v) is 5.65. The predicted octanol–water partition coefficient (Wildman–Crippen LogP) is 5.78. The summed E-state index contributed by atoms with van der Waals surface area (Å²) in [4.78, 5) is 38.9. The molecule has 2 aliphatic rings. The topological polar surface area (TPSA) is 92.6 Å². The van der Waals surface area contributed by atoms with Crippen molar-refractivity contribution >= 4 is 50.4 Å². The molecule has 0 atom stereocenters. The average Bonchev–Trinajstić information content (AvgIpc) is 3.39. The van der Waals surface area contributed by atoms with Gasteiger partial charge in [0.1, 0.15) is 11.2 Å². The molecule has 38 heavy (non-hydrogen) atoms. The average molecular weight is 584 g/mol. The van der Waals surface area contributed by atoms with E-state index in [4.69, 9.17) is 9.72 Å². The van der Waals surface area contributed by atoms with Crippen molar-refractivity contribution in [1.29, 1.82) is 0 Å². The van der Waals surface area contributed by atoms with Crippen LogP contribution < -0.4 is 15.8 Å². The largest absolute Gasteiger partial charge is 0.444 e.